The first-order chi connectivity index (χ1) is 7.41. The second-order valence-corrected chi connectivity index (χ2v) is 2.37. The van der Waals surface area contributed by atoms with Crippen LogP contribution in [-0.2, 0) is 9.59 Å². The smallest absolute Gasteiger partial charge is 0.326 e. The molecule has 3 atom stereocenters. The third kappa shape index (κ3) is 4.71. The molecule has 0 aromatic heterocycles. The van der Waals surface area contributed by atoms with Gasteiger partial charge in [-0.05, 0) is 12.3 Å². The summed E-state index contributed by atoms with van der Waals surface area (Å²) in [5.74, 6) is -4.53. The fourth-order valence-electron chi connectivity index (χ4n) is 0.644. The fourth-order valence-corrected chi connectivity index (χ4v) is 0.644. The van der Waals surface area contributed by atoms with Crippen LogP contribution in [-0.4, -0.2) is 23.0 Å². The standard InChI is InChI=1S/C8H15NO3/c1-5(2)4-7(8(11)12)9-6(3)10/h5,7H,4H2,1-3H3,(H,9,10)(H,11,12)/i1D3,2+1,4D,5D/t4-,5?,7?/m0/s1. The van der Waals surface area contributed by atoms with E-state index in [2.05, 4.69) is 0 Å². The second-order valence-electron chi connectivity index (χ2n) is 2.37. The summed E-state index contributed by atoms with van der Waals surface area (Å²) in [6.07, 6.45) is -1.81. The molecule has 2 unspecified atom stereocenters. The van der Waals surface area contributed by atoms with Gasteiger partial charge in [-0.25, -0.2) is 4.79 Å². The van der Waals surface area contributed by atoms with Gasteiger partial charge in [-0.1, -0.05) is 13.8 Å². The van der Waals surface area contributed by atoms with Gasteiger partial charge in [0.1, 0.15) is 6.04 Å². The van der Waals surface area contributed by atoms with Crippen LogP contribution in [0.1, 0.15) is 34.0 Å². The van der Waals surface area contributed by atoms with Gasteiger partial charge in [0.15, 0.2) is 0 Å². The van der Waals surface area contributed by atoms with E-state index in [-0.39, 0.29) is 0 Å². The Labute approximate surface area is 79.0 Å². The van der Waals surface area contributed by atoms with Crippen molar-refractivity contribution in [2.75, 3.05) is 0 Å². The summed E-state index contributed by atoms with van der Waals surface area (Å²) in [6.45, 7) is -0.805. The van der Waals surface area contributed by atoms with Gasteiger partial charge in [-0.3, -0.25) is 4.79 Å². The number of aliphatic carboxylic acids is 1. The second kappa shape index (κ2) is 4.74. The number of amides is 1. The fraction of sp³-hybridized carbons (Fsp3) is 0.750. The average molecular weight is 179 g/mol. The van der Waals surface area contributed by atoms with E-state index in [4.69, 9.17) is 12.0 Å². The molecule has 0 aliphatic carbocycles. The van der Waals surface area contributed by atoms with E-state index in [1.807, 2.05) is 5.32 Å². The molecule has 0 aliphatic heterocycles. The van der Waals surface area contributed by atoms with Crippen molar-refractivity contribution >= 4 is 11.9 Å². The predicted molar refractivity (Wildman–Crippen MR) is 44.7 cm³/mol. The largest absolute Gasteiger partial charge is 0.480 e. The van der Waals surface area contributed by atoms with Crippen LogP contribution < -0.4 is 5.32 Å². The van der Waals surface area contributed by atoms with Crippen molar-refractivity contribution in [1.82, 2.24) is 5.32 Å². The molecule has 0 radical (unpaired) electrons. The van der Waals surface area contributed by atoms with Gasteiger partial charge in [0.25, 0.3) is 0 Å². The number of hydrogen-bond acceptors (Lipinski definition) is 2. The van der Waals surface area contributed by atoms with Crippen molar-refractivity contribution in [3.8, 4) is 0 Å². The molecule has 0 aromatic rings. The Bertz CT molecular complexity index is 315. The lowest BCUT2D eigenvalue weighted by molar-refractivity contribution is -0.142. The monoisotopic (exact) mass is 179 g/mol. The maximum Gasteiger partial charge on any atom is 0.326 e. The molecule has 0 rings (SSSR count). The molecule has 70 valence electrons. The Kier molecular flexibility index (Phi) is 1.91. The van der Waals surface area contributed by atoms with Gasteiger partial charge in [0, 0.05) is 13.8 Å². The maximum atomic E-state index is 10.8. The van der Waals surface area contributed by atoms with Crippen LogP contribution in [0.2, 0.25) is 0 Å². The summed E-state index contributed by atoms with van der Waals surface area (Å²) in [5, 5.41) is 10.8. The van der Waals surface area contributed by atoms with Gasteiger partial charge >= 0.3 is 5.97 Å². The molecule has 0 fully saturated rings. The maximum absolute atomic E-state index is 10.8. The first-order valence-electron chi connectivity index (χ1n) is 5.91. The Morgan fingerprint density at radius 2 is 2.42 bits per heavy atom. The average Bonchev–Trinajstić information content (AvgIpc) is 2.10. The molecule has 0 saturated heterocycles. The minimum atomic E-state index is -2.81. The molecule has 0 bridgehead atoms. The molecule has 12 heavy (non-hydrogen) atoms. The highest BCUT2D eigenvalue weighted by Gasteiger charge is 2.18. The minimum Gasteiger partial charge on any atom is -0.480 e. The summed E-state index contributed by atoms with van der Waals surface area (Å²) < 4.78 is 36.5. The zero-order valence-corrected chi connectivity index (χ0v) is 6.92. The Balaban J connectivity index is 5.15. The summed E-state index contributed by atoms with van der Waals surface area (Å²) in [6, 6.07) is -1.73. The third-order valence-electron chi connectivity index (χ3n) is 1.04. The number of rotatable bonds is 4. The summed E-state index contributed by atoms with van der Waals surface area (Å²) in [5.41, 5.74) is 0. The quantitative estimate of drug-likeness (QED) is 0.622. The predicted octanol–water partition coefficient (Wildman–Crippen LogP) is 0.622. The molecule has 4 nitrogen and oxygen atoms in total. The lowest BCUT2D eigenvalue weighted by Crippen LogP contribution is -2.40. The topological polar surface area (TPSA) is 66.4 Å². The number of carbonyl (C=O) groups is 2. The number of nitrogens with one attached hydrogen (secondary N) is 1. The van der Waals surface area contributed by atoms with Crippen LogP contribution in [0.4, 0.5) is 0 Å². The highest BCUT2D eigenvalue weighted by molar-refractivity contribution is 5.81. The Morgan fingerprint density at radius 1 is 1.83 bits per heavy atom. The molecular weight excluding hydrogens is 159 g/mol. The minimum absolute atomic E-state index is 0.698. The van der Waals surface area contributed by atoms with E-state index in [1.54, 1.807) is 0 Å². The van der Waals surface area contributed by atoms with Gasteiger partial charge < -0.3 is 10.4 Å². The van der Waals surface area contributed by atoms with Crippen molar-refractivity contribution in [2.24, 2.45) is 5.89 Å². The van der Waals surface area contributed by atoms with Gasteiger partial charge in [0.05, 0.1) is 0 Å². The van der Waals surface area contributed by atoms with E-state index >= 15 is 0 Å². The zero-order chi connectivity index (χ0) is 14.0. The number of carbonyl (C=O) groups excluding carboxylic acids is 1. The first-order valence-corrected chi connectivity index (χ1v) is 3.33. The van der Waals surface area contributed by atoms with Gasteiger partial charge in [-0.2, -0.15) is 0 Å². The molecular formula is C8H15NO3. The molecule has 0 spiro atoms. The summed E-state index contributed by atoms with van der Waals surface area (Å²) >= 11 is 0. The van der Waals surface area contributed by atoms with Crippen LogP contribution in [0.25, 0.3) is 0 Å². The van der Waals surface area contributed by atoms with Crippen molar-refractivity contribution in [3.63, 3.8) is 0 Å². The van der Waals surface area contributed by atoms with Crippen LogP contribution in [0.15, 0.2) is 0 Å². The number of carboxylic acid groups (broad SMARTS) is 1. The number of hydrogen-bond donors (Lipinski definition) is 2. The molecule has 0 aromatic carbocycles. The van der Waals surface area contributed by atoms with Gasteiger partial charge in [0.2, 0.25) is 5.91 Å². The van der Waals surface area contributed by atoms with Crippen LogP contribution in [0.3, 0.4) is 0 Å². The zero-order valence-electron chi connectivity index (χ0n) is 11.9. The molecule has 0 heterocycles. The lowest BCUT2D eigenvalue weighted by Gasteiger charge is -2.14. The van der Waals surface area contributed by atoms with Gasteiger partial charge in [-0.15, -0.1) is 0 Å². The van der Waals surface area contributed by atoms with Crippen LogP contribution in [0, 0.1) is 5.89 Å². The highest BCUT2D eigenvalue weighted by atomic mass is 16.4. The van der Waals surface area contributed by atoms with Crippen LogP contribution >= 0.6 is 0 Å². The van der Waals surface area contributed by atoms with Crippen molar-refractivity contribution in [1.29, 1.82) is 0 Å². The van der Waals surface area contributed by atoms with E-state index in [9.17, 15) is 9.59 Å². The molecule has 0 saturated carbocycles. The lowest BCUT2D eigenvalue weighted by atomic mass is 10.1. The SMILES string of the molecule is [2H][C@H](C(NC(C)=O)C(=O)O)C([2H])([13CH3])C([2H])([2H])[2H]. The molecule has 4 heteroatoms. The summed E-state index contributed by atoms with van der Waals surface area (Å²) in [7, 11) is 0. The normalized spacial score (nSPS) is 27.3. The first kappa shape index (κ1) is 4.84. The Hall–Kier alpha value is -1.06. The summed E-state index contributed by atoms with van der Waals surface area (Å²) in [4.78, 5) is 21.6. The molecule has 0 aliphatic rings. The van der Waals surface area contributed by atoms with Crippen molar-refractivity contribution < 1.29 is 21.5 Å². The van der Waals surface area contributed by atoms with E-state index in [1.165, 1.54) is 0 Å². The van der Waals surface area contributed by atoms with E-state index in [0.29, 0.717) is 0 Å². The Morgan fingerprint density at radius 3 is 2.75 bits per heavy atom. The molecule has 2 N–H and O–H groups in total. The van der Waals surface area contributed by atoms with Crippen molar-refractivity contribution in [2.45, 2.75) is 33.1 Å². The third-order valence-corrected chi connectivity index (χ3v) is 1.04. The molecule has 1 amide bonds. The van der Waals surface area contributed by atoms with E-state index in [0.717, 1.165) is 13.8 Å². The highest BCUT2D eigenvalue weighted by Crippen LogP contribution is 2.04. The van der Waals surface area contributed by atoms with Crippen molar-refractivity contribution in [3.05, 3.63) is 0 Å². The number of carboxylic acids is 1. The van der Waals surface area contributed by atoms with Crippen LogP contribution in [0.5, 0.6) is 0 Å². The van der Waals surface area contributed by atoms with E-state index < -0.39 is 37.1 Å².